The van der Waals surface area contributed by atoms with E-state index < -0.39 is 11.9 Å². The van der Waals surface area contributed by atoms with Crippen LogP contribution in [0.25, 0.3) is 0 Å². The van der Waals surface area contributed by atoms with E-state index in [1.54, 1.807) is 45.0 Å². The van der Waals surface area contributed by atoms with Gasteiger partial charge in [0, 0.05) is 11.3 Å². The average molecular weight is 435 g/mol. The number of ether oxygens (including phenoxy) is 2. The molecule has 1 aromatic carbocycles. The van der Waals surface area contributed by atoms with Gasteiger partial charge in [-0.15, -0.1) is 11.3 Å². The van der Waals surface area contributed by atoms with Crippen molar-refractivity contribution in [1.82, 2.24) is 0 Å². The normalized spacial score (nSPS) is 10.2. The Hall–Kier alpha value is -2.78. The molecule has 0 amide bonds. The van der Waals surface area contributed by atoms with Crippen molar-refractivity contribution in [3.05, 3.63) is 45.8 Å². The van der Waals surface area contributed by atoms with E-state index in [1.165, 1.54) is 6.92 Å². The molecular formula is C20H22N2O5S2. The van der Waals surface area contributed by atoms with Crippen LogP contribution in [-0.2, 0) is 9.47 Å². The van der Waals surface area contributed by atoms with E-state index in [4.69, 9.17) is 21.7 Å². The second-order valence-electron chi connectivity index (χ2n) is 5.92. The van der Waals surface area contributed by atoms with Crippen LogP contribution in [0.15, 0.2) is 24.3 Å². The molecule has 29 heavy (non-hydrogen) atoms. The highest BCUT2D eigenvalue weighted by atomic mass is 32.1. The molecule has 0 aliphatic carbocycles. The first kappa shape index (κ1) is 22.5. The first-order chi connectivity index (χ1) is 13.8. The fourth-order valence-corrected chi connectivity index (χ4v) is 3.90. The summed E-state index contributed by atoms with van der Waals surface area (Å²) in [6, 6.07) is 6.87. The Morgan fingerprint density at radius 2 is 1.72 bits per heavy atom. The minimum atomic E-state index is -0.555. The van der Waals surface area contributed by atoms with Gasteiger partial charge in [-0.3, -0.25) is 4.79 Å². The van der Waals surface area contributed by atoms with Crippen molar-refractivity contribution in [3.8, 4) is 0 Å². The number of benzene rings is 1. The number of rotatable bonds is 7. The van der Waals surface area contributed by atoms with Crippen molar-refractivity contribution < 1.29 is 23.9 Å². The Balaban J connectivity index is 2.30. The van der Waals surface area contributed by atoms with Crippen molar-refractivity contribution in [2.45, 2.75) is 27.7 Å². The maximum absolute atomic E-state index is 12.4. The van der Waals surface area contributed by atoms with Gasteiger partial charge in [-0.05, 0) is 57.6 Å². The predicted molar refractivity (Wildman–Crippen MR) is 117 cm³/mol. The molecule has 0 spiro atoms. The van der Waals surface area contributed by atoms with Crippen LogP contribution >= 0.6 is 23.6 Å². The third kappa shape index (κ3) is 5.61. The highest BCUT2D eigenvalue weighted by Gasteiger charge is 2.26. The third-order valence-corrected chi connectivity index (χ3v) is 5.23. The number of carbonyl (C=O) groups excluding carboxylic acids is 3. The van der Waals surface area contributed by atoms with Crippen LogP contribution in [0.4, 0.5) is 10.7 Å². The fraction of sp³-hybridized carbons (Fsp3) is 0.300. The maximum Gasteiger partial charge on any atom is 0.348 e. The summed E-state index contributed by atoms with van der Waals surface area (Å²) in [5.74, 6) is -1.13. The Morgan fingerprint density at radius 1 is 1.07 bits per heavy atom. The number of thiocarbonyl (C=S) groups is 1. The molecule has 0 saturated heterocycles. The molecule has 9 heteroatoms. The van der Waals surface area contributed by atoms with Crippen molar-refractivity contribution in [2.24, 2.45) is 0 Å². The summed E-state index contributed by atoms with van der Waals surface area (Å²) in [7, 11) is 0. The third-order valence-electron chi connectivity index (χ3n) is 3.84. The summed E-state index contributed by atoms with van der Waals surface area (Å²) < 4.78 is 10.2. The van der Waals surface area contributed by atoms with Gasteiger partial charge in [-0.25, -0.2) is 9.59 Å². The van der Waals surface area contributed by atoms with Crippen LogP contribution in [0.1, 0.15) is 56.7 Å². The van der Waals surface area contributed by atoms with Crippen molar-refractivity contribution in [3.63, 3.8) is 0 Å². The Kier molecular flexibility index (Phi) is 7.86. The van der Waals surface area contributed by atoms with Crippen LogP contribution in [0.5, 0.6) is 0 Å². The summed E-state index contributed by atoms with van der Waals surface area (Å²) in [5, 5.41) is 6.50. The highest BCUT2D eigenvalue weighted by molar-refractivity contribution is 7.80. The van der Waals surface area contributed by atoms with Gasteiger partial charge in [0.15, 0.2) is 10.9 Å². The number of esters is 2. The molecule has 1 aromatic heterocycles. The molecule has 0 aliphatic heterocycles. The number of hydrogen-bond donors (Lipinski definition) is 2. The monoisotopic (exact) mass is 434 g/mol. The molecule has 0 unspecified atom stereocenters. The topological polar surface area (TPSA) is 93.7 Å². The standard InChI is InChI=1S/C20H22N2O5S2/c1-5-26-18(24)15-11(3)16(19(25)27-6-2)29-17(15)22-20(28)21-14-9-7-8-13(10-14)12(4)23/h7-10H,5-6H2,1-4H3,(H2,21,22,28). The number of Topliss-reactive ketones (excluding diaryl/α,β-unsaturated/α-hetero) is 1. The average Bonchev–Trinajstić information content (AvgIpc) is 2.98. The van der Waals surface area contributed by atoms with Gasteiger partial charge in [0.1, 0.15) is 9.88 Å². The van der Waals surface area contributed by atoms with E-state index in [9.17, 15) is 14.4 Å². The summed E-state index contributed by atoms with van der Waals surface area (Å²) in [5.41, 5.74) is 1.87. The van der Waals surface area contributed by atoms with Gasteiger partial charge in [-0.1, -0.05) is 12.1 Å². The minimum Gasteiger partial charge on any atom is -0.462 e. The van der Waals surface area contributed by atoms with Gasteiger partial charge >= 0.3 is 11.9 Å². The molecule has 0 radical (unpaired) electrons. The highest BCUT2D eigenvalue weighted by Crippen LogP contribution is 2.34. The molecule has 1 heterocycles. The number of nitrogens with one attached hydrogen (secondary N) is 2. The van der Waals surface area contributed by atoms with Crippen LogP contribution in [0.3, 0.4) is 0 Å². The zero-order valence-electron chi connectivity index (χ0n) is 16.6. The van der Waals surface area contributed by atoms with Crippen molar-refractivity contribution in [2.75, 3.05) is 23.8 Å². The zero-order valence-corrected chi connectivity index (χ0v) is 18.2. The predicted octanol–water partition coefficient (Wildman–Crippen LogP) is 4.42. The summed E-state index contributed by atoms with van der Waals surface area (Å²) in [6.07, 6.45) is 0. The largest absolute Gasteiger partial charge is 0.462 e. The molecule has 2 N–H and O–H groups in total. The van der Waals surface area contributed by atoms with E-state index >= 15 is 0 Å². The lowest BCUT2D eigenvalue weighted by molar-refractivity contribution is 0.0527. The Bertz CT molecular complexity index is 952. The molecule has 0 fully saturated rings. The molecular weight excluding hydrogens is 412 g/mol. The summed E-state index contributed by atoms with van der Waals surface area (Å²) in [6.45, 7) is 6.97. The lowest BCUT2D eigenvalue weighted by Crippen LogP contribution is -2.20. The van der Waals surface area contributed by atoms with Crippen LogP contribution in [-0.4, -0.2) is 36.0 Å². The summed E-state index contributed by atoms with van der Waals surface area (Å²) >= 11 is 6.41. The van der Waals surface area contributed by atoms with E-state index in [1.807, 2.05) is 0 Å². The van der Waals surface area contributed by atoms with Gasteiger partial charge in [-0.2, -0.15) is 0 Å². The quantitative estimate of drug-likeness (QED) is 0.376. The number of thiophene rings is 1. The first-order valence-electron chi connectivity index (χ1n) is 8.95. The number of hydrogen-bond acceptors (Lipinski definition) is 7. The molecule has 0 aliphatic rings. The maximum atomic E-state index is 12.4. The molecule has 154 valence electrons. The SMILES string of the molecule is CCOC(=O)c1sc(NC(=S)Nc2cccc(C(C)=O)c2)c(C(=O)OCC)c1C. The van der Waals surface area contributed by atoms with Gasteiger partial charge in [0.2, 0.25) is 0 Å². The smallest absolute Gasteiger partial charge is 0.348 e. The summed E-state index contributed by atoms with van der Waals surface area (Å²) in [4.78, 5) is 36.5. The van der Waals surface area contributed by atoms with E-state index in [0.717, 1.165) is 11.3 Å². The van der Waals surface area contributed by atoms with Crippen LogP contribution < -0.4 is 10.6 Å². The minimum absolute atomic E-state index is 0.0647. The molecule has 0 bridgehead atoms. The first-order valence-corrected chi connectivity index (χ1v) is 10.2. The van der Waals surface area contributed by atoms with Crippen molar-refractivity contribution in [1.29, 1.82) is 0 Å². The van der Waals surface area contributed by atoms with Gasteiger partial charge < -0.3 is 20.1 Å². The second-order valence-corrected chi connectivity index (χ2v) is 7.35. The fourth-order valence-electron chi connectivity index (χ4n) is 2.52. The lowest BCUT2D eigenvalue weighted by atomic mass is 10.1. The van der Waals surface area contributed by atoms with Gasteiger partial charge in [0.25, 0.3) is 0 Å². The molecule has 2 aromatic rings. The van der Waals surface area contributed by atoms with E-state index in [-0.39, 0.29) is 29.7 Å². The Labute approximate surface area is 178 Å². The molecule has 0 atom stereocenters. The van der Waals surface area contributed by atoms with Crippen LogP contribution in [0, 0.1) is 6.92 Å². The molecule has 0 saturated carbocycles. The number of ketones is 1. The van der Waals surface area contributed by atoms with E-state index in [2.05, 4.69) is 10.6 Å². The number of carbonyl (C=O) groups is 3. The van der Waals surface area contributed by atoms with E-state index in [0.29, 0.717) is 26.7 Å². The Morgan fingerprint density at radius 3 is 2.34 bits per heavy atom. The second kappa shape index (κ2) is 10.1. The lowest BCUT2D eigenvalue weighted by Gasteiger charge is -2.11. The van der Waals surface area contributed by atoms with Crippen LogP contribution in [0.2, 0.25) is 0 Å². The zero-order chi connectivity index (χ0) is 21.6. The van der Waals surface area contributed by atoms with Crippen molar-refractivity contribution >= 4 is 57.1 Å². The number of anilines is 2. The van der Waals surface area contributed by atoms with Gasteiger partial charge in [0.05, 0.1) is 18.8 Å². The molecule has 2 rings (SSSR count). The molecule has 7 nitrogen and oxygen atoms in total.